The molecule has 0 N–H and O–H groups in total. The monoisotopic (exact) mass is 459 g/mol. The zero-order chi connectivity index (χ0) is 23.4. The average molecular weight is 460 g/mol. The lowest BCUT2D eigenvalue weighted by Crippen LogP contribution is -2.48. The SMILES string of the molecule is CN1C(=O)N(C2CN(C(=O)OC(C)(C)C)c3ccccc32)Cc2cnc(S(C)(=O)=O)nc21. The van der Waals surface area contributed by atoms with E-state index < -0.39 is 27.6 Å². The Bertz CT molecular complexity index is 1210. The van der Waals surface area contributed by atoms with Gasteiger partial charge >= 0.3 is 12.1 Å². The lowest BCUT2D eigenvalue weighted by Gasteiger charge is -2.37. The zero-order valence-corrected chi connectivity index (χ0v) is 19.4. The van der Waals surface area contributed by atoms with E-state index in [-0.39, 0.29) is 30.1 Å². The van der Waals surface area contributed by atoms with E-state index in [2.05, 4.69) is 9.97 Å². The molecular formula is C21H25N5O5S. The number of hydrogen-bond acceptors (Lipinski definition) is 7. The van der Waals surface area contributed by atoms with Crippen molar-refractivity contribution in [3.8, 4) is 0 Å². The van der Waals surface area contributed by atoms with E-state index in [4.69, 9.17) is 4.74 Å². The molecule has 1 unspecified atom stereocenters. The minimum atomic E-state index is -3.61. The number of amides is 3. The summed E-state index contributed by atoms with van der Waals surface area (Å²) < 4.78 is 29.2. The molecule has 0 saturated heterocycles. The second-order valence-electron chi connectivity index (χ2n) is 8.91. The summed E-state index contributed by atoms with van der Waals surface area (Å²) in [5, 5.41) is -0.327. The van der Waals surface area contributed by atoms with Gasteiger partial charge in [0, 0.05) is 30.6 Å². The second-order valence-corrected chi connectivity index (χ2v) is 10.8. The average Bonchev–Trinajstić information content (AvgIpc) is 3.08. The quantitative estimate of drug-likeness (QED) is 0.635. The third-order valence-corrected chi connectivity index (χ3v) is 6.13. The molecule has 2 aromatic rings. The fraction of sp³-hybridized carbons (Fsp3) is 0.429. The maximum absolute atomic E-state index is 13.3. The first-order chi connectivity index (χ1) is 14.9. The summed E-state index contributed by atoms with van der Waals surface area (Å²) in [6.45, 7) is 5.83. The summed E-state index contributed by atoms with van der Waals surface area (Å²) in [6.07, 6.45) is 1.97. The molecule has 11 heteroatoms. The molecule has 0 radical (unpaired) electrons. The third-order valence-electron chi connectivity index (χ3n) is 5.27. The predicted octanol–water partition coefficient (Wildman–Crippen LogP) is 2.75. The summed E-state index contributed by atoms with van der Waals surface area (Å²) in [4.78, 5) is 38.6. The Morgan fingerprint density at radius 1 is 1.22 bits per heavy atom. The van der Waals surface area contributed by atoms with Gasteiger partial charge in [-0.15, -0.1) is 0 Å². The van der Waals surface area contributed by atoms with E-state index in [1.165, 1.54) is 16.0 Å². The standard InChI is InChI=1S/C21H25N5O5S/c1-21(2,3)31-20(28)26-12-16(14-8-6-7-9-15(14)26)25-11-13-10-22-18(32(5,29)30)23-17(13)24(4)19(25)27/h6-10,16H,11-12H2,1-5H3. The molecule has 170 valence electrons. The number of aromatic nitrogens is 2. The molecule has 0 bridgehead atoms. The lowest BCUT2D eigenvalue weighted by atomic mass is 10.1. The molecule has 0 saturated carbocycles. The van der Waals surface area contributed by atoms with Gasteiger partial charge in [-0.25, -0.2) is 28.0 Å². The Hall–Kier alpha value is -3.21. The van der Waals surface area contributed by atoms with Crippen molar-refractivity contribution in [2.24, 2.45) is 0 Å². The summed E-state index contributed by atoms with van der Waals surface area (Å²) in [5.41, 5.74) is 1.49. The van der Waals surface area contributed by atoms with Crippen LogP contribution in [0.3, 0.4) is 0 Å². The first-order valence-electron chi connectivity index (χ1n) is 10.1. The Balaban J connectivity index is 1.69. The molecule has 1 aromatic heterocycles. The van der Waals surface area contributed by atoms with Crippen LogP contribution in [0.25, 0.3) is 0 Å². The maximum Gasteiger partial charge on any atom is 0.414 e. The van der Waals surface area contributed by atoms with Crippen LogP contribution in [-0.4, -0.2) is 60.9 Å². The molecular weight excluding hydrogens is 434 g/mol. The van der Waals surface area contributed by atoms with Gasteiger partial charge in [0.15, 0.2) is 0 Å². The lowest BCUT2D eigenvalue weighted by molar-refractivity contribution is 0.0576. The molecule has 32 heavy (non-hydrogen) atoms. The van der Waals surface area contributed by atoms with Crippen LogP contribution < -0.4 is 9.80 Å². The number of rotatable bonds is 2. The Morgan fingerprint density at radius 3 is 2.56 bits per heavy atom. The van der Waals surface area contributed by atoms with Crippen molar-refractivity contribution < 1.29 is 22.7 Å². The number of benzene rings is 1. The van der Waals surface area contributed by atoms with Crippen molar-refractivity contribution in [1.82, 2.24) is 14.9 Å². The zero-order valence-electron chi connectivity index (χ0n) is 18.6. The van der Waals surface area contributed by atoms with Crippen LogP contribution in [0.2, 0.25) is 0 Å². The molecule has 3 amide bonds. The minimum Gasteiger partial charge on any atom is -0.443 e. The van der Waals surface area contributed by atoms with Crippen molar-refractivity contribution in [2.45, 2.75) is 44.1 Å². The number of para-hydroxylation sites is 1. The van der Waals surface area contributed by atoms with E-state index >= 15 is 0 Å². The smallest absolute Gasteiger partial charge is 0.414 e. The van der Waals surface area contributed by atoms with Gasteiger partial charge in [-0.2, -0.15) is 0 Å². The highest BCUT2D eigenvalue weighted by Gasteiger charge is 2.42. The number of urea groups is 1. The van der Waals surface area contributed by atoms with Gasteiger partial charge < -0.3 is 9.64 Å². The number of fused-ring (bicyclic) bond motifs is 2. The molecule has 2 aliphatic heterocycles. The van der Waals surface area contributed by atoms with Crippen molar-refractivity contribution in [1.29, 1.82) is 0 Å². The Kier molecular flexibility index (Phi) is 5.11. The first-order valence-corrected chi connectivity index (χ1v) is 12.0. The van der Waals surface area contributed by atoms with Gasteiger partial charge in [0.2, 0.25) is 15.0 Å². The molecule has 4 rings (SSSR count). The number of sulfone groups is 1. The van der Waals surface area contributed by atoms with Crippen LogP contribution >= 0.6 is 0 Å². The number of ether oxygens (including phenoxy) is 1. The molecule has 0 spiro atoms. The molecule has 1 atom stereocenters. The third kappa shape index (κ3) is 3.88. The van der Waals surface area contributed by atoms with E-state index in [0.29, 0.717) is 11.3 Å². The van der Waals surface area contributed by atoms with E-state index in [9.17, 15) is 18.0 Å². The molecule has 0 aliphatic carbocycles. The molecule has 2 aliphatic rings. The van der Waals surface area contributed by atoms with Gasteiger partial charge in [0.1, 0.15) is 11.4 Å². The van der Waals surface area contributed by atoms with Gasteiger partial charge in [-0.1, -0.05) is 18.2 Å². The van der Waals surface area contributed by atoms with Crippen molar-refractivity contribution >= 4 is 33.5 Å². The van der Waals surface area contributed by atoms with Gasteiger partial charge in [0.25, 0.3) is 0 Å². The van der Waals surface area contributed by atoms with Crippen LogP contribution in [0.4, 0.5) is 21.1 Å². The highest BCUT2D eigenvalue weighted by atomic mass is 32.2. The predicted molar refractivity (Wildman–Crippen MR) is 117 cm³/mol. The summed E-state index contributed by atoms with van der Waals surface area (Å²) in [7, 11) is -2.07. The highest BCUT2D eigenvalue weighted by molar-refractivity contribution is 7.90. The molecule has 0 fully saturated rings. The molecule has 10 nitrogen and oxygen atoms in total. The topological polar surface area (TPSA) is 113 Å². The van der Waals surface area contributed by atoms with Crippen LogP contribution in [0, 0.1) is 0 Å². The van der Waals surface area contributed by atoms with Crippen molar-refractivity contribution in [2.75, 3.05) is 29.6 Å². The molecule has 1 aromatic carbocycles. The summed E-state index contributed by atoms with van der Waals surface area (Å²) in [6, 6.07) is 6.65. The van der Waals surface area contributed by atoms with Gasteiger partial charge in [-0.05, 0) is 26.8 Å². The minimum absolute atomic E-state index is 0.184. The van der Waals surface area contributed by atoms with Crippen molar-refractivity contribution in [3.63, 3.8) is 0 Å². The van der Waals surface area contributed by atoms with Crippen molar-refractivity contribution in [3.05, 3.63) is 41.6 Å². The number of carbonyl (C=O) groups excluding carboxylic acids is 2. The molecule has 3 heterocycles. The van der Waals surface area contributed by atoms with Crippen LogP contribution in [-0.2, 0) is 21.1 Å². The number of anilines is 2. The normalized spacial score (nSPS) is 18.5. The van der Waals surface area contributed by atoms with E-state index in [1.54, 1.807) is 32.7 Å². The highest BCUT2D eigenvalue weighted by Crippen LogP contribution is 2.41. The summed E-state index contributed by atoms with van der Waals surface area (Å²) >= 11 is 0. The first kappa shape index (κ1) is 22.0. The maximum atomic E-state index is 13.3. The number of nitrogens with zero attached hydrogens (tertiary/aromatic N) is 5. The van der Waals surface area contributed by atoms with Crippen LogP contribution in [0.5, 0.6) is 0 Å². The Labute approximate surface area is 186 Å². The number of hydrogen-bond donors (Lipinski definition) is 0. The van der Waals surface area contributed by atoms with Gasteiger partial charge in [0.05, 0.1) is 24.8 Å². The van der Waals surface area contributed by atoms with Gasteiger partial charge in [-0.3, -0.25) is 9.80 Å². The largest absolute Gasteiger partial charge is 0.443 e. The fourth-order valence-corrected chi connectivity index (χ4v) is 4.38. The Morgan fingerprint density at radius 2 is 1.91 bits per heavy atom. The van der Waals surface area contributed by atoms with E-state index in [0.717, 1.165) is 11.8 Å². The van der Waals surface area contributed by atoms with E-state index in [1.807, 2.05) is 24.3 Å². The van der Waals surface area contributed by atoms with Crippen LogP contribution in [0.1, 0.15) is 37.9 Å². The second kappa shape index (κ2) is 7.44. The summed E-state index contributed by atoms with van der Waals surface area (Å²) in [5.74, 6) is 0.261. The number of carbonyl (C=O) groups is 2. The van der Waals surface area contributed by atoms with Crippen LogP contribution in [0.15, 0.2) is 35.6 Å². The fourth-order valence-electron chi connectivity index (χ4n) is 3.88.